The first-order valence-electron chi connectivity index (χ1n) is 6.67. The lowest BCUT2D eigenvalue weighted by atomic mass is 10.0. The predicted octanol–water partition coefficient (Wildman–Crippen LogP) is 2.82. The number of halogens is 1. The molecule has 0 unspecified atom stereocenters. The molecule has 0 atom stereocenters. The van der Waals surface area contributed by atoms with Crippen LogP contribution < -0.4 is 5.32 Å². The number of aliphatic imine (C=N–C) groups is 1. The molecule has 20 heavy (non-hydrogen) atoms. The second-order valence-corrected chi connectivity index (χ2v) is 5.99. The number of carbonyl (C=O) groups is 1. The van der Waals surface area contributed by atoms with Gasteiger partial charge in [-0.1, -0.05) is 15.9 Å². The van der Waals surface area contributed by atoms with E-state index in [4.69, 9.17) is 0 Å². The van der Waals surface area contributed by atoms with Crippen molar-refractivity contribution in [3.05, 3.63) is 39.9 Å². The Balaban J connectivity index is 1.76. The van der Waals surface area contributed by atoms with Crippen LogP contribution in [-0.2, 0) is 4.79 Å². The van der Waals surface area contributed by atoms with Gasteiger partial charge in [-0.2, -0.15) is 0 Å². The predicted molar refractivity (Wildman–Crippen MR) is 84.0 cm³/mol. The van der Waals surface area contributed by atoms with Crippen molar-refractivity contribution in [1.29, 1.82) is 0 Å². The van der Waals surface area contributed by atoms with E-state index in [1.807, 2.05) is 29.2 Å². The lowest BCUT2D eigenvalue weighted by Gasteiger charge is -2.27. The van der Waals surface area contributed by atoms with Gasteiger partial charge in [-0.25, -0.2) is 0 Å². The third-order valence-electron chi connectivity index (χ3n) is 3.73. The highest BCUT2D eigenvalue weighted by Crippen LogP contribution is 2.25. The standard InChI is InChI=1S/C15H16BrN3O/c1-10(20)19-7-6-11-8-17-15(14(11)9-19)18-13-4-2-12(16)3-5-13/h2-5H,6-9H2,1H3,(H,17,18). The molecule has 0 spiro atoms. The number of benzene rings is 1. The van der Waals surface area contributed by atoms with E-state index >= 15 is 0 Å². The second kappa shape index (κ2) is 5.40. The molecule has 1 aromatic carbocycles. The van der Waals surface area contributed by atoms with Crippen LogP contribution in [0.3, 0.4) is 0 Å². The van der Waals surface area contributed by atoms with Crippen LogP contribution in [0.2, 0.25) is 0 Å². The minimum atomic E-state index is 0.131. The highest BCUT2D eigenvalue weighted by molar-refractivity contribution is 9.10. The average molecular weight is 334 g/mol. The fraction of sp³-hybridized carbons (Fsp3) is 0.333. The zero-order chi connectivity index (χ0) is 14.1. The summed E-state index contributed by atoms with van der Waals surface area (Å²) in [4.78, 5) is 18.0. The van der Waals surface area contributed by atoms with Gasteiger partial charge >= 0.3 is 0 Å². The van der Waals surface area contributed by atoms with E-state index in [0.29, 0.717) is 6.54 Å². The number of amides is 1. The van der Waals surface area contributed by atoms with E-state index in [9.17, 15) is 4.79 Å². The number of hydrogen-bond acceptors (Lipinski definition) is 3. The van der Waals surface area contributed by atoms with Gasteiger partial charge in [0.2, 0.25) is 5.91 Å². The minimum absolute atomic E-state index is 0.131. The normalized spacial score (nSPS) is 17.9. The summed E-state index contributed by atoms with van der Waals surface area (Å²) < 4.78 is 1.05. The number of amidine groups is 1. The van der Waals surface area contributed by atoms with Crippen molar-refractivity contribution in [3.8, 4) is 0 Å². The van der Waals surface area contributed by atoms with Crippen LogP contribution in [0.25, 0.3) is 0 Å². The monoisotopic (exact) mass is 333 g/mol. The van der Waals surface area contributed by atoms with Crippen LogP contribution in [0, 0.1) is 0 Å². The fourth-order valence-electron chi connectivity index (χ4n) is 2.54. The summed E-state index contributed by atoms with van der Waals surface area (Å²) in [7, 11) is 0. The zero-order valence-corrected chi connectivity index (χ0v) is 12.9. The molecule has 4 nitrogen and oxygen atoms in total. The number of carbonyl (C=O) groups excluding carboxylic acids is 1. The van der Waals surface area contributed by atoms with Crippen molar-refractivity contribution < 1.29 is 4.79 Å². The van der Waals surface area contributed by atoms with Crippen LogP contribution in [0.15, 0.2) is 44.9 Å². The molecule has 0 fully saturated rings. The summed E-state index contributed by atoms with van der Waals surface area (Å²) >= 11 is 3.43. The third kappa shape index (κ3) is 2.63. The molecule has 2 aliphatic heterocycles. The van der Waals surface area contributed by atoms with E-state index in [-0.39, 0.29) is 5.91 Å². The van der Waals surface area contributed by atoms with E-state index < -0.39 is 0 Å². The summed E-state index contributed by atoms with van der Waals surface area (Å²) in [5, 5.41) is 3.36. The highest BCUT2D eigenvalue weighted by atomic mass is 79.9. The molecule has 0 saturated carbocycles. The van der Waals surface area contributed by atoms with Gasteiger partial charge in [0.25, 0.3) is 0 Å². The summed E-state index contributed by atoms with van der Waals surface area (Å²) in [6.45, 7) is 3.88. The lowest BCUT2D eigenvalue weighted by Crippen LogP contribution is -2.37. The average Bonchev–Trinajstić information content (AvgIpc) is 2.84. The minimum Gasteiger partial charge on any atom is -0.340 e. The number of anilines is 1. The van der Waals surface area contributed by atoms with Gasteiger partial charge in [-0.3, -0.25) is 9.79 Å². The van der Waals surface area contributed by atoms with Crippen molar-refractivity contribution in [2.45, 2.75) is 13.3 Å². The first-order valence-corrected chi connectivity index (χ1v) is 7.46. The first-order chi connectivity index (χ1) is 9.63. The molecule has 5 heteroatoms. The molecule has 0 aromatic heterocycles. The fourth-order valence-corrected chi connectivity index (χ4v) is 2.81. The van der Waals surface area contributed by atoms with Crippen molar-refractivity contribution in [2.24, 2.45) is 4.99 Å². The van der Waals surface area contributed by atoms with E-state index in [0.717, 1.165) is 35.5 Å². The number of hydrogen-bond donors (Lipinski definition) is 1. The van der Waals surface area contributed by atoms with E-state index in [1.165, 1.54) is 11.1 Å². The molecule has 1 N–H and O–H groups in total. The van der Waals surface area contributed by atoms with Crippen LogP contribution in [0.5, 0.6) is 0 Å². The largest absolute Gasteiger partial charge is 0.340 e. The van der Waals surface area contributed by atoms with Gasteiger partial charge in [0, 0.05) is 35.7 Å². The van der Waals surface area contributed by atoms with Gasteiger partial charge < -0.3 is 10.2 Å². The number of rotatable bonds is 1. The molecular weight excluding hydrogens is 318 g/mol. The van der Waals surface area contributed by atoms with Crippen molar-refractivity contribution in [3.63, 3.8) is 0 Å². The zero-order valence-electron chi connectivity index (χ0n) is 11.3. The molecule has 0 aliphatic carbocycles. The van der Waals surface area contributed by atoms with Crippen LogP contribution in [-0.4, -0.2) is 36.3 Å². The van der Waals surface area contributed by atoms with Crippen molar-refractivity contribution in [2.75, 3.05) is 25.0 Å². The second-order valence-electron chi connectivity index (χ2n) is 5.07. The van der Waals surface area contributed by atoms with Crippen molar-refractivity contribution >= 4 is 33.4 Å². The quantitative estimate of drug-likeness (QED) is 0.858. The molecule has 2 heterocycles. The lowest BCUT2D eigenvalue weighted by molar-refractivity contribution is -0.128. The highest BCUT2D eigenvalue weighted by Gasteiger charge is 2.27. The van der Waals surface area contributed by atoms with Crippen molar-refractivity contribution in [1.82, 2.24) is 4.90 Å². The van der Waals surface area contributed by atoms with Gasteiger partial charge in [0.05, 0.1) is 6.54 Å². The van der Waals surface area contributed by atoms with Crippen LogP contribution in [0.4, 0.5) is 5.69 Å². The Morgan fingerprint density at radius 1 is 1.35 bits per heavy atom. The van der Waals surface area contributed by atoms with Gasteiger partial charge in [-0.15, -0.1) is 0 Å². The summed E-state index contributed by atoms with van der Waals surface area (Å²) in [6.07, 6.45) is 0.934. The van der Waals surface area contributed by atoms with E-state index in [1.54, 1.807) is 6.92 Å². The SMILES string of the molecule is CC(=O)N1CCC2=C(C1)C(Nc1ccc(Br)cc1)=NC2. The maximum Gasteiger partial charge on any atom is 0.219 e. The Labute approximate surface area is 126 Å². The van der Waals surface area contributed by atoms with Gasteiger partial charge in [-0.05, 0) is 36.3 Å². The van der Waals surface area contributed by atoms with Gasteiger partial charge in [0.15, 0.2) is 0 Å². The molecule has 3 rings (SSSR count). The van der Waals surface area contributed by atoms with Crippen LogP contribution in [0.1, 0.15) is 13.3 Å². The Morgan fingerprint density at radius 2 is 2.10 bits per heavy atom. The van der Waals surface area contributed by atoms with E-state index in [2.05, 4.69) is 26.2 Å². The third-order valence-corrected chi connectivity index (χ3v) is 4.25. The molecule has 2 aliphatic rings. The smallest absolute Gasteiger partial charge is 0.219 e. The number of nitrogens with one attached hydrogen (secondary N) is 1. The summed E-state index contributed by atoms with van der Waals surface area (Å²) in [6, 6.07) is 8.01. The number of nitrogens with zero attached hydrogens (tertiary/aromatic N) is 2. The Kier molecular flexibility index (Phi) is 3.61. The first kappa shape index (κ1) is 13.4. The Hall–Kier alpha value is -1.62. The topological polar surface area (TPSA) is 44.7 Å². The molecule has 0 saturated heterocycles. The molecule has 1 aromatic rings. The molecule has 0 radical (unpaired) electrons. The molecular formula is C15H16BrN3O. The Bertz CT molecular complexity index is 604. The maximum atomic E-state index is 11.5. The Morgan fingerprint density at radius 3 is 2.80 bits per heavy atom. The molecule has 104 valence electrons. The maximum absolute atomic E-state index is 11.5. The van der Waals surface area contributed by atoms with Crippen LogP contribution >= 0.6 is 15.9 Å². The molecule has 1 amide bonds. The summed E-state index contributed by atoms with van der Waals surface area (Å²) in [5.74, 6) is 1.04. The van der Waals surface area contributed by atoms with Gasteiger partial charge in [0.1, 0.15) is 5.84 Å². The summed E-state index contributed by atoms with van der Waals surface area (Å²) in [5.41, 5.74) is 3.57. The molecule has 0 bridgehead atoms.